The Morgan fingerprint density at radius 3 is 2.55 bits per heavy atom. The van der Waals surface area contributed by atoms with Gasteiger partial charge in [0.05, 0.1) is 22.2 Å². The monoisotopic (exact) mass is 453 g/mol. The van der Waals surface area contributed by atoms with Gasteiger partial charge in [-0.2, -0.15) is 4.99 Å². The van der Waals surface area contributed by atoms with Gasteiger partial charge in [-0.1, -0.05) is 35.0 Å². The molecule has 0 spiro atoms. The van der Waals surface area contributed by atoms with Crippen molar-refractivity contribution in [1.29, 1.82) is 0 Å². The quantitative estimate of drug-likeness (QED) is 0.696. The second-order valence-electron chi connectivity index (χ2n) is 6.07. The number of nitrogens with one attached hydrogen (secondary N) is 1. The number of amides is 3. The number of amidine groups is 1. The average molecular weight is 454 g/mol. The summed E-state index contributed by atoms with van der Waals surface area (Å²) in [6.45, 7) is 1.45. The Bertz CT molecular complexity index is 1010. The van der Waals surface area contributed by atoms with Crippen molar-refractivity contribution >= 4 is 69.2 Å². The fourth-order valence-electron chi connectivity index (χ4n) is 2.47. The SMILES string of the molecule is CC1C(=O)N=C(SCC(=O)Nc2ccc(Cl)cc2Cl)N(c2ccc(F)cc2)C1=O. The first-order valence-corrected chi connectivity index (χ1v) is 10.1. The van der Waals surface area contributed by atoms with Crippen LogP contribution in [0.25, 0.3) is 0 Å². The number of nitrogens with zero attached hydrogens (tertiary/aromatic N) is 2. The third kappa shape index (κ3) is 4.95. The predicted molar refractivity (Wildman–Crippen MR) is 113 cm³/mol. The standard InChI is InChI=1S/C19H14Cl2FN3O3S/c1-10-17(27)24-19(25(18(10)28)13-5-3-12(22)4-6-13)29-9-16(26)23-15-7-2-11(20)8-14(15)21/h2-8,10H,9H2,1H3,(H,23,26). The van der Waals surface area contributed by atoms with E-state index in [1.54, 1.807) is 12.1 Å². The highest BCUT2D eigenvalue weighted by Gasteiger charge is 2.36. The molecular weight excluding hydrogens is 440 g/mol. The number of carbonyl (C=O) groups is 3. The van der Waals surface area contributed by atoms with Gasteiger partial charge in [0.15, 0.2) is 5.17 Å². The van der Waals surface area contributed by atoms with Gasteiger partial charge in [0.1, 0.15) is 11.7 Å². The molecule has 0 bridgehead atoms. The molecule has 2 aromatic rings. The molecular formula is C19H14Cl2FN3O3S. The number of carbonyl (C=O) groups excluding carboxylic acids is 3. The third-order valence-electron chi connectivity index (χ3n) is 3.98. The lowest BCUT2D eigenvalue weighted by Gasteiger charge is -2.29. The highest BCUT2D eigenvalue weighted by molar-refractivity contribution is 8.14. The summed E-state index contributed by atoms with van der Waals surface area (Å²) in [6.07, 6.45) is 0. The number of aliphatic imine (C=N–C) groups is 1. The number of hydrogen-bond acceptors (Lipinski definition) is 4. The smallest absolute Gasteiger partial charge is 0.260 e. The van der Waals surface area contributed by atoms with Crippen molar-refractivity contribution in [3.05, 3.63) is 58.3 Å². The molecule has 10 heteroatoms. The van der Waals surface area contributed by atoms with Crippen molar-refractivity contribution in [2.45, 2.75) is 6.92 Å². The van der Waals surface area contributed by atoms with E-state index >= 15 is 0 Å². The van der Waals surface area contributed by atoms with E-state index in [-0.39, 0.29) is 15.9 Å². The third-order valence-corrected chi connectivity index (χ3v) is 5.47. The lowest BCUT2D eigenvalue weighted by Crippen LogP contribution is -2.46. The molecule has 0 fully saturated rings. The van der Waals surface area contributed by atoms with Crippen molar-refractivity contribution in [2.24, 2.45) is 10.9 Å². The van der Waals surface area contributed by atoms with E-state index in [1.807, 2.05) is 0 Å². The normalized spacial score (nSPS) is 16.6. The van der Waals surface area contributed by atoms with Crippen LogP contribution in [0, 0.1) is 11.7 Å². The first kappa shape index (κ1) is 21.3. The van der Waals surface area contributed by atoms with Gasteiger partial charge in [0.25, 0.3) is 5.91 Å². The zero-order valence-corrected chi connectivity index (χ0v) is 17.3. The Labute approximate surface area is 180 Å². The molecule has 1 N–H and O–H groups in total. The fourth-order valence-corrected chi connectivity index (χ4v) is 3.73. The first-order valence-electron chi connectivity index (χ1n) is 8.36. The van der Waals surface area contributed by atoms with E-state index < -0.39 is 29.5 Å². The van der Waals surface area contributed by atoms with Crippen molar-refractivity contribution < 1.29 is 18.8 Å². The Hall–Kier alpha value is -2.42. The number of benzene rings is 2. The van der Waals surface area contributed by atoms with Crippen LogP contribution in [-0.4, -0.2) is 28.6 Å². The number of thioether (sulfide) groups is 1. The van der Waals surface area contributed by atoms with Gasteiger partial charge < -0.3 is 5.32 Å². The van der Waals surface area contributed by atoms with E-state index in [4.69, 9.17) is 23.2 Å². The maximum atomic E-state index is 13.2. The molecule has 0 saturated heterocycles. The molecule has 0 radical (unpaired) electrons. The predicted octanol–water partition coefficient (Wildman–Crippen LogP) is 4.37. The van der Waals surface area contributed by atoms with Crippen LogP contribution in [0.2, 0.25) is 10.0 Å². The van der Waals surface area contributed by atoms with Crippen LogP contribution in [-0.2, 0) is 14.4 Å². The molecule has 6 nitrogen and oxygen atoms in total. The Morgan fingerprint density at radius 2 is 1.90 bits per heavy atom. The largest absolute Gasteiger partial charge is 0.324 e. The molecule has 29 heavy (non-hydrogen) atoms. The first-order chi connectivity index (χ1) is 13.8. The molecule has 3 rings (SSSR count). The zero-order chi connectivity index (χ0) is 21.1. The van der Waals surface area contributed by atoms with Gasteiger partial charge in [-0.05, 0) is 49.4 Å². The molecule has 1 heterocycles. The van der Waals surface area contributed by atoms with Gasteiger partial charge in [-0.15, -0.1) is 0 Å². The summed E-state index contributed by atoms with van der Waals surface area (Å²) in [7, 11) is 0. The minimum atomic E-state index is -0.967. The maximum absolute atomic E-state index is 13.2. The molecule has 1 atom stereocenters. The molecule has 2 aromatic carbocycles. The van der Waals surface area contributed by atoms with Crippen LogP contribution in [0.5, 0.6) is 0 Å². The minimum Gasteiger partial charge on any atom is -0.324 e. The Morgan fingerprint density at radius 1 is 1.21 bits per heavy atom. The van der Waals surface area contributed by atoms with E-state index in [9.17, 15) is 18.8 Å². The van der Waals surface area contributed by atoms with E-state index in [0.717, 1.165) is 11.8 Å². The molecule has 0 aliphatic carbocycles. The zero-order valence-electron chi connectivity index (χ0n) is 15.0. The maximum Gasteiger partial charge on any atom is 0.260 e. The second kappa shape index (κ2) is 8.94. The van der Waals surface area contributed by atoms with Crippen molar-refractivity contribution in [3.8, 4) is 0 Å². The number of hydrogen-bond donors (Lipinski definition) is 1. The van der Waals surface area contributed by atoms with Crippen molar-refractivity contribution in [1.82, 2.24) is 0 Å². The molecule has 1 unspecified atom stereocenters. The lowest BCUT2D eigenvalue weighted by atomic mass is 10.1. The molecule has 150 valence electrons. The molecule has 3 amide bonds. The summed E-state index contributed by atoms with van der Waals surface area (Å²) in [4.78, 5) is 42.1. The van der Waals surface area contributed by atoms with E-state index in [0.29, 0.717) is 16.4 Å². The molecule has 0 aromatic heterocycles. The molecule has 1 aliphatic heterocycles. The Kier molecular flexibility index (Phi) is 6.56. The number of anilines is 2. The van der Waals surface area contributed by atoms with E-state index in [2.05, 4.69) is 10.3 Å². The van der Waals surface area contributed by atoms with Crippen LogP contribution in [0.1, 0.15) is 6.92 Å². The van der Waals surface area contributed by atoms with Crippen LogP contribution >= 0.6 is 35.0 Å². The molecule has 1 aliphatic rings. The van der Waals surface area contributed by atoms with Crippen molar-refractivity contribution in [2.75, 3.05) is 16.0 Å². The van der Waals surface area contributed by atoms with Gasteiger partial charge >= 0.3 is 0 Å². The van der Waals surface area contributed by atoms with Gasteiger partial charge in [0, 0.05) is 5.02 Å². The van der Waals surface area contributed by atoms with Gasteiger partial charge in [-0.25, -0.2) is 4.39 Å². The molecule has 0 saturated carbocycles. The minimum absolute atomic E-state index is 0.0436. The summed E-state index contributed by atoms with van der Waals surface area (Å²) in [6, 6.07) is 9.83. The summed E-state index contributed by atoms with van der Waals surface area (Å²) in [5, 5.41) is 3.38. The van der Waals surface area contributed by atoms with Crippen molar-refractivity contribution in [3.63, 3.8) is 0 Å². The second-order valence-corrected chi connectivity index (χ2v) is 7.85. The van der Waals surface area contributed by atoms with E-state index in [1.165, 1.54) is 42.2 Å². The lowest BCUT2D eigenvalue weighted by molar-refractivity contribution is -0.131. The number of halogens is 3. The summed E-state index contributed by atoms with van der Waals surface area (Å²) in [5.74, 6) is -3.08. The van der Waals surface area contributed by atoms with Crippen LogP contribution in [0.4, 0.5) is 15.8 Å². The highest BCUT2D eigenvalue weighted by atomic mass is 35.5. The van der Waals surface area contributed by atoms with Crippen LogP contribution in [0.3, 0.4) is 0 Å². The van der Waals surface area contributed by atoms with Crippen LogP contribution < -0.4 is 10.2 Å². The summed E-state index contributed by atoms with van der Waals surface area (Å²) >= 11 is 12.8. The van der Waals surface area contributed by atoms with Crippen LogP contribution in [0.15, 0.2) is 47.5 Å². The summed E-state index contributed by atoms with van der Waals surface area (Å²) < 4.78 is 13.2. The highest BCUT2D eigenvalue weighted by Crippen LogP contribution is 2.28. The average Bonchev–Trinajstić information content (AvgIpc) is 2.68. The Balaban J connectivity index is 1.76. The fraction of sp³-hybridized carbons (Fsp3) is 0.158. The summed E-state index contributed by atoms with van der Waals surface area (Å²) in [5.41, 5.74) is 0.728. The van der Waals surface area contributed by atoms with Gasteiger partial charge in [-0.3, -0.25) is 19.3 Å². The topological polar surface area (TPSA) is 78.8 Å². The van der Waals surface area contributed by atoms with Gasteiger partial charge in [0.2, 0.25) is 11.8 Å². The number of rotatable bonds is 4.